The fourth-order valence-electron chi connectivity index (χ4n) is 2.46. The van der Waals surface area contributed by atoms with Gasteiger partial charge in [-0.25, -0.2) is 18.4 Å². The molecule has 1 aliphatic rings. The molecule has 0 spiro atoms. The number of nitrogens with zero attached hydrogens (tertiary/aromatic N) is 3. The molecule has 24 heavy (non-hydrogen) atoms. The van der Waals surface area contributed by atoms with E-state index in [9.17, 15) is 8.42 Å². The third-order valence-corrected chi connectivity index (χ3v) is 5.35. The predicted molar refractivity (Wildman–Crippen MR) is 89.1 cm³/mol. The highest BCUT2D eigenvalue weighted by atomic mass is 32.2. The molecule has 0 aliphatic carbocycles. The number of furan rings is 1. The number of sulfone groups is 1. The third-order valence-electron chi connectivity index (χ3n) is 3.58. The molecule has 3 heterocycles. The first-order valence-electron chi connectivity index (χ1n) is 7.76. The van der Waals surface area contributed by atoms with E-state index in [1.165, 1.54) is 0 Å². The summed E-state index contributed by atoms with van der Waals surface area (Å²) >= 11 is 0. The number of aromatic amines is 1. The number of hydrogen-bond donors (Lipinski definition) is 3. The Morgan fingerprint density at radius 3 is 3.08 bits per heavy atom. The van der Waals surface area contributed by atoms with E-state index in [0.717, 1.165) is 0 Å². The van der Waals surface area contributed by atoms with Gasteiger partial charge >= 0.3 is 0 Å². The van der Waals surface area contributed by atoms with E-state index in [-0.39, 0.29) is 17.5 Å². The quantitative estimate of drug-likeness (QED) is 0.522. The summed E-state index contributed by atoms with van der Waals surface area (Å²) in [5.74, 6) is 2.59. The van der Waals surface area contributed by atoms with E-state index in [2.05, 4.69) is 30.8 Å². The van der Waals surface area contributed by atoms with Crippen molar-refractivity contribution in [2.75, 3.05) is 18.1 Å². The molecule has 2 aromatic rings. The van der Waals surface area contributed by atoms with Crippen LogP contribution in [-0.2, 0) is 16.4 Å². The Morgan fingerprint density at radius 1 is 1.54 bits per heavy atom. The zero-order valence-electron chi connectivity index (χ0n) is 13.3. The van der Waals surface area contributed by atoms with E-state index in [1.54, 1.807) is 18.4 Å². The molecule has 0 saturated carbocycles. The monoisotopic (exact) mass is 352 g/mol. The minimum Gasteiger partial charge on any atom is -0.461 e. The lowest BCUT2D eigenvalue weighted by molar-refractivity contribution is 0.577. The van der Waals surface area contributed by atoms with Crippen molar-refractivity contribution in [2.45, 2.75) is 25.9 Å². The molecule has 1 saturated heterocycles. The van der Waals surface area contributed by atoms with Crippen molar-refractivity contribution in [1.29, 1.82) is 0 Å². The van der Waals surface area contributed by atoms with Gasteiger partial charge in [-0.05, 0) is 25.5 Å². The van der Waals surface area contributed by atoms with Crippen LogP contribution in [0, 0.1) is 0 Å². The lowest BCUT2D eigenvalue weighted by atomic mass is 10.3. The molecule has 0 amide bonds. The Kier molecular flexibility index (Phi) is 4.84. The van der Waals surface area contributed by atoms with Crippen molar-refractivity contribution in [1.82, 2.24) is 25.8 Å². The van der Waals surface area contributed by atoms with E-state index in [1.807, 2.05) is 6.92 Å². The summed E-state index contributed by atoms with van der Waals surface area (Å²) < 4.78 is 28.3. The highest BCUT2D eigenvalue weighted by Crippen LogP contribution is 2.14. The lowest BCUT2D eigenvalue weighted by Gasteiger charge is -2.15. The fourth-order valence-corrected chi connectivity index (χ4v) is 4.13. The van der Waals surface area contributed by atoms with E-state index < -0.39 is 9.84 Å². The predicted octanol–water partition coefficient (Wildman–Crippen LogP) is 0.307. The van der Waals surface area contributed by atoms with Crippen LogP contribution in [-0.4, -0.2) is 53.7 Å². The van der Waals surface area contributed by atoms with Gasteiger partial charge in [0.15, 0.2) is 21.6 Å². The number of aliphatic imine (C=N–C) groups is 1. The van der Waals surface area contributed by atoms with Gasteiger partial charge in [0.05, 0.1) is 17.8 Å². The van der Waals surface area contributed by atoms with Crippen molar-refractivity contribution in [3.63, 3.8) is 0 Å². The van der Waals surface area contributed by atoms with Gasteiger partial charge in [-0.2, -0.15) is 0 Å². The molecule has 2 aromatic heterocycles. The van der Waals surface area contributed by atoms with Gasteiger partial charge in [0.1, 0.15) is 12.4 Å². The molecular weight excluding hydrogens is 332 g/mol. The van der Waals surface area contributed by atoms with E-state index in [0.29, 0.717) is 42.9 Å². The van der Waals surface area contributed by atoms with E-state index >= 15 is 0 Å². The average Bonchev–Trinajstić information content (AvgIpc) is 3.25. The zero-order valence-corrected chi connectivity index (χ0v) is 14.1. The summed E-state index contributed by atoms with van der Waals surface area (Å²) in [4.78, 5) is 8.75. The second-order valence-corrected chi connectivity index (χ2v) is 7.75. The molecule has 0 radical (unpaired) electrons. The Bertz CT molecular complexity index is 796. The van der Waals surface area contributed by atoms with Gasteiger partial charge in [-0.1, -0.05) is 0 Å². The Morgan fingerprint density at radius 2 is 2.42 bits per heavy atom. The maximum absolute atomic E-state index is 11.5. The van der Waals surface area contributed by atoms with Crippen molar-refractivity contribution in [3.05, 3.63) is 24.2 Å². The largest absolute Gasteiger partial charge is 0.461 e. The van der Waals surface area contributed by atoms with Crippen LogP contribution in [0.2, 0.25) is 0 Å². The molecule has 130 valence electrons. The van der Waals surface area contributed by atoms with Crippen LogP contribution in [0.4, 0.5) is 0 Å². The molecule has 9 nitrogen and oxygen atoms in total. The number of nitrogens with one attached hydrogen (secondary N) is 3. The van der Waals surface area contributed by atoms with Crippen LogP contribution in [0.3, 0.4) is 0 Å². The topological polar surface area (TPSA) is 125 Å². The first-order valence-corrected chi connectivity index (χ1v) is 9.58. The minimum absolute atomic E-state index is 0.110. The molecule has 1 fully saturated rings. The molecule has 3 N–H and O–H groups in total. The van der Waals surface area contributed by atoms with Gasteiger partial charge in [0.2, 0.25) is 5.82 Å². The summed E-state index contributed by atoms with van der Waals surface area (Å²) in [5.41, 5.74) is 0. The molecule has 0 aromatic carbocycles. The number of guanidine groups is 1. The van der Waals surface area contributed by atoms with Gasteiger partial charge in [-0.3, -0.25) is 5.10 Å². The molecular formula is C14H20N6O3S. The van der Waals surface area contributed by atoms with Crippen molar-refractivity contribution in [3.8, 4) is 11.6 Å². The number of aromatic nitrogens is 3. The van der Waals surface area contributed by atoms with Gasteiger partial charge in [0.25, 0.3) is 0 Å². The first-order chi connectivity index (χ1) is 11.6. The van der Waals surface area contributed by atoms with Crippen LogP contribution in [0.25, 0.3) is 11.6 Å². The summed E-state index contributed by atoms with van der Waals surface area (Å²) in [5, 5.41) is 13.2. The van der Waals surface area contributed by atoms with Crippen LogP contribution in [0.1, 0.15) is 19.2 Å². The van der Waals surface area contributed by atoms with Crippen LogP contribution in [0.5, 0.6) is 0 Å². The first kappa shape index (κ1) is 16.5. The van der Waals surface area contributed by atoms with Crippen molar-refractivity contribution >= 4 is 15.8 Å². The second-order valence-electron chi connectivity index (χ2n) is 5.52. The number of rotatable bonds is 5. The summed E-state index contributed by atoms with van der Waals surface area (Å²) in [6, 6.07) is 3.44. The third kappa shape index (κ3) is 4.13. The highest BCUT2D eigenvalue weighted by Gasteiger charge is 2.28. The molecule has 10 heteroatoms. The SMILES string of the molecule is CCNC(=NCc1nc(-c2ccco2)n[nH]1)NC1CCS(=O)(=O)C1. The van der Waals surface area contributed by atoms with Gasteiger partial charge < -0.3 is 15.1 Å². The van der Waals surface area contributed by atoms with Crippen LogP contribution >= 0.6 is 0 Å². The normalized spacial score (nSPS) is 20.2. The minimum atomic E-state index is -2.93. The molecule has 1 unspecified atom stereocenters. The Hall–Kier alpha value is -2.36. The fraction of sp³-hybridized carbons (Fsp3) is 0.500. The highest BCUT2D eigenvalue weighted by molar-refractivity contribution is 7.91. The van der Waals surface area contributed by atoms with Gasteiger partial charge in [0, 0.05) is 12.6 Å². The van der Waals surface area contributed by atoms with Crippen molar-refractivity contribution in [2.24, 2.45) is 4.99 Å². The Balaban J connectivity index is 1.63. The molecule has 0 bridgehead atoms. The molecule has 1 atom stereocenters. The maximum atomic E-state index is 11.5. The maximum Gasteiger partial charge on any atom is 0.216 e. The summed E-state index contributed by atoms with van der Waals surface area (Å²) in [6.07, 6.45) is 2.16. The van der Waals surface area contributed by atoms with E-state index in [4.69, 9.17) is 4.42 Å². The summed E-state index contributed by atoms with van der Waals surface area (Å²) in [7, 11) is -2.93. The average molecular weight is 352 g/mol. The number of hydrogen-bond acceptors (Lipinski definition) is 6. The molecule has 3 rings (SSSR count). The zero-order chi connectivity index (χ0) is 17.0. The molecule has 1 aliphatic heterocycles. The Labute approximate surface area is 139 Å². The number of H-pyrrole nitrogens is 1. The standard InChI is InChI=1S/C14H20N6O3S/c1-2-15-14(17-10-5-7-24(21,22)9-10)16-8-12-18-13(20-19-12)11-4-3-6-23-11/h3-4,6,10H,2,5,7-9H2,1H3,(H2,15,16,17)(H,18,19,20). The van der Waals surface area contributed by atoms with Gasteiger partial charge in [-0.15, -0.1) is 5.10 Å². The van der Waals surface area contributed by atoms with Crippen LogP contribution < -0.4 is 10.6 Å². The second kappa shape index (κ2) is 7.04. The van der Waals surface area contributed by atoms with Crippen LogP contribution in [0.15, 0.2) is 27.8 Å². The summed E-state index contributed by atoms with van der Waals surface area (Å²) in [6.45, 7) is 2.92. The lowest BCUT2D eigenvalue weighted by Crippen LogP contribution is -2.44. The smallest absolute Gasteiger partial charge is 0.216 e. The van der Waals surface area contributed by atoms with Crippen molar-refractivity contribution < 1.29 is 12.8 Å².